The topological polar surface area (TPSA) is 72.0 Å². The Kier molecular flexibility index (Phi) is 7.19. The fraction of sp³-hybridized carbons (Fsp3) is 0.286. The molecule has 0 atom stereocenters. The van der Waals surface area contributed by atoms with Gasteiger partial charge >= 0.3 is 8.09 Å². The zero-order valence-corrected chi connectivity index (χ0v) is 20.9. The number of fused-ring (bicyclic) bond motifs is 7. The molecule has 0 amide bonds. The largest absolute Gasteiger partial charge is 0.601 e. The average molecular weight is 492 g/mol. The Morgan fingerprint density at radius 2 is 1.29 bits per heavy atom. The molecule has 0 unspecified atom stereocenters. The molecule has 1 aliphatic heterocycles. The van der Waals surface area contributed by atoms with Gasteiger partial charge in [-0.05, 0) is 60.4 Å². The van der Waals surface area contributed by atoms with Gasteiger partial charge in [-0.2, -0.15) is 0 Å². The molecule has 1 aliphatic rings. The van der Waals surface area contributed by atoms with Crippen LogP contribution in [0.5, 0.6) is 11.5 Å². The zero-order chi connectivity index (χ0) is 24.3. The molecule has 0 saturated heterocycles. The van der Waals surface area contributed by atoms with E-state index >= 15 is 0 Å². The van der Waals surface area contributed by atoms with Gasteiger partial charge in [-0.25, -0.2) is 0 Å². The Morgan fingerprint density at radius 1 is 0.771 bits per heavy atom. The molecule has 0 aliphatic carbocycles. The molecule has 4 aromatic rings. The second-order valence-electron chi connectivity index (χ2n) is 8.39. The third kappa shape index (κ3) is 4.99. The number of benzene rings is 4. The summed E-state index contributed by atoms with van der Waals surface area (Å²) in [4.78, 5) is 13.9. The van der Waals surface area contributed by atoms with Crippen molar-refractivity contribution in [3.05, 3.63) is 72.8 Å². The van der Waals surface area contributed by atoms with E-state index < -0.39 is 8.09 Å². The summed E-state index contributed by atoms with van der Waals surface area (Å²) in [5, 5.41) is 7.26. The Balaban J connectivity index is 1.51. The molecule has 1 heterocycles. The summed E-state index contributed by atoms with van der Waals surface area (Å²) in [7, 11) is -3.70. The molecule has 6 nitrogen and oxygen atoms in total. The van der Waals surface area contributed by atoms with E-state index in [1.807, 2.05) is 62.4 Å². The van der Waals surface area contributed by atoms with E-state index in [2.05, 4.69) is 29.4 Å². The summed E-state index contributed by atoms with van der Waals surface area (Å²) in [5.74, 6) is 1.08. The molecule has 4 aromatic carbocycles. The summed E-state index contributed by atoms with van der Waals surface area (Å²) in [5.41, 5.74) is 1.78. The van der Waals surface area contributed by atoms with Crippen LogP contribution in [0.2, 0.25) is 0 Å². The lowest BCUT2D eigenvalue weighted by Crippen LogP contribution is -2.34. The standard InChI is InChI=1S/C28H30NO5P/c1-3-31-26(32-4-2)14-9-19-29-35(30)33-24-17-15-20-10-5-7-12-22(20)27(24)28-23-13-8-6-11-21(23)16-18-25(28)34-35/h5-8,10-13,15-18,26H,3-4,9,14,19H2,1-2H3,(H,29,30). The molecule has 5 rings (SSSR count). The third-order valence-electron chi connectivity index (χ3n) is 6.10. The quantitative estimate of drug-likeness (QED) is 0.170. The van der Waals surface area contributed by atoms with E-state index in [0.29, 0.717) is 44.1 Å². The Labute approximate surface area is 206 Å². The van der Waals surface area contributed by atoms with Crippen LogP contribution in [0.25, 0.3) is 32.7 Å². The lowest BCUT2D eigenvalue weighted by atomic mass is 9.92. The van der Waals surface area contributed by atoms with Crippen molar-refractivity contribution in [1.82, 2.24) is 5.09 Å². The van der Waals surface area contributed by atoms with Crippen molar-refractivity contribution in [2.45, 2.75) is 33.0 Å². The minimum atomic E-state index is -3.70. The highest BCUT2D eigenvalue weighted by Gasteiger charge is 2.39. The van der Waals surface area contributed by atoms with Crippen molar-refractivity contribution in [2.75, 3.05) is 19.8 Å². The monoisotopic (exact) mass is 491 g/mol. The summed E-state index contributed by atoms with van der Waals surface area (Å²) in [6.45, 7) is 5.48. The third-order valence-corrected chi connectivity index (χ3v) is 7.58. The Morgan fingerprint density at radius 3 is 1.80 bits per heavy atom. The van der Waals surface area contributed by atoms with E-state index in [1.54, 1.807) is 0 Å². The lowest BCUT2D eigenvalue weighted by Gasteiger charge is -2.26. The first-order chi connectivity index (χ1) is 17.1. The van der Waals surface area contributed by atoms with Gasteiger partial charge in [-0.15, -0.1) is 5.09 Å². The number of nitrogens with one attached hydrogen (secondary N) is 1. The van der Waals surface area contributed by atoms with Crippen LogP contribution < -0.4 is 19.0 Å². The van der Waals surface area contributed by atoms with E-state index in [-0.39, 0.29) is 6.29 Å². The van der Waals surface area contributed by atoms with Crippen molar-refractivity contribution in [3.63, 3.8) is 0 Å². The Hall–Kier alpha value is -2.73. The first-order valence-electron chi connectivity index (χ1n) is 12.1. The predicted octanol–water partition coefficient (Wildman–Crippen LogP) is 6.24. The molecule has 0 saturated carbocycles. The first-order valence-corrected chi connectivity index (χ1v) is 13.7. The number of ether oxygens (including phenoxy) is 2. The SMILES string of the molecule is CCOC(CCCN[P+]1([O-])Oc2ccc3ccccc3c2-c2c(ccc3ccccc23)O1)OCC. The first kappa shape index (κ1) is 24.0. The summed E-state index contributed by atoms with van der Waals surface area (Å²) in [6.07, 6.45) is 1.09. The molecule has 0 fully saturated rings. The molecular weight excluding hydrogens is 461 g/mol. The van der Waals surface area contributed by atoms with Crippen LogP contribution in [-0.2, 0) is 9.47 Å². The van der Waals surface area contributed by atoms with Gasteiger partial charge in [-0.3, -0.25) is 9.05 Å². The number of rotatable bonds is 9. The van der Waals surface area contributed by atoms with E-state index in [0.717, 1.165) is 32.7 Å². The molecule has 182 valence electrons. The zero-order valence-electron chi connectivity index (χ0n) is 20.0. The molecule has 0 spiro atoms. The lowest BCUT2D eigenvalue weighted by molar-refractivity contribution is -0.206. The molecule has 0 radical (unpaired) electrons. The summed E-state index contributed by atoms with van der Waals surface area (Å²) < 4.78 is 23.5. The molecule has 0 bridgehead atoms. The molecular formula is C28H30NO5P. The van der Waals surface area contributed by atoms with Gasteiger partial charge in [0.2, 0.25) is 0 Å². The van der Waals surface area contributed by atoms with Crippen LogP contribution in [-0.4, -0.2) is 26.0 Å². The van der Waals surface area contributed by atoms with Crippen molar-refractivity contribution in [2.24, 2.45) is 0 Å². The minimum absolute atomic E-state index is 0.275. The second kappa shape index (κ2) is 10.5. The van der Waals surface area contributed by atoms with Gasteiger partial charge in [0.25, 0.3) is 0 Å². The van der Waals surface area contributed by atoms with Crippen molar-refractivity contribution < 1.29 is 23.4 Å². The van der Waals surface area contributed by atoms with Crippen LogP contribution in [0.1, 0.15) is 26.7 Å². The molecule has 7 heteroatoms. The van der Waals surface area contributed by atoms with Crippen molar-refractivity contribution in [1.29, 1.82) is 0 Å². The van der Waals surface area contributed by atoms with Crippen LogP contribution in [0.3, 0.4) is 0 Å². The smallest absolute Gasteiger partial charge is 0.408 e. The van der Waals surface area contributed by atoms with E-state index in [1.165, 1.54) is 0 Å². The fourth-order valence-electron chi connectivity index (χ4n) is 4.58. The summed E-state index contributed by atoms with van der Waals surface area (Å²) in [6, 6.07) is 24.0. The predicted molar refractivity (Wildman–Crippen MR) is 139 cm³/mol. The van der Waals surface area contributed by atoms with Gasteiger partial charge in [0.05, 0.1) is 0 Å². The maximum Gasteiger partial charge on any atom is 0.408 e. The normalized spacial score (nSPS) is 14.3. The van der Waals surface area contributed by atoms with Gasteiger partial charge in [-0.1, -0.05) is 60.7 Å². The van der Waals surface area contributed by atoms with Crippen LogP contribution in [0.4, 0.5) is 0 Å². The van der Waals surface area contributed by atoms with Crippen LogP contribution in [0.15, 0.2) is 72.8 Å². The fourth-order valence-corrected chi connectivity index (χ4v) is 6.00. The van der Waals surface area contributed by atoms with E-state index in [9.17, 15) is 4.89 Å². The average Bonchev–Trinajstić information content (AvgIpc) is 3.00. The van der Waals surface area contributed by atoms with Gasteiger partial charge in [0.1, 0.15) is 0 Å². The maximum absolute atomic E-state index is 13.9. The highest BCUT2D eigenvalue weighted by atomic mass is 31.2. The second-order valence-corrected chi connectivity index (χ2v) is 10.1. The summed E-state index contributed by atoms with van der Waals surface area (Å²) >= 11 is 0. The van der Waals surface area contributed by atoms with Gasteiger partial charge in [0, 0.05) is 30.9 Å². The maximum atomic E-state index is 13.9. The van der Waals surface area contributed by atoms with Gasteiger partial charge < -0.3 is 14.4 Å². The van der Waals surface area contributed by atoms with Crippen LogP contribution >= 0.6 is 8.09 Å². The van der Waals surface area contributed by atoms with Crippen molar-refractivity contribution >= 4 is 29.6 Å². The highest BCUT2D eigenvalue weighted by Crippen LogP contribution is 2.58. The van der Waals surface area contributed by atoms with Crippen LogP contribution in [0, 0.1) is 0 Å². The van der Waals surface area contributed by atoms with Gasteiger partial charge in [0.15, 0.2) is 17.8 Å². The van der Waals surface area contributed by atoms with E-state index in [4.69, 9.17) is 18.5 Å². The number of hydrogen-bond donors (Lipinski definition) is 1. The molecule has 0 aromatic heterocycles. The minimum Gasteiger partial charge on any atom is -0.601 e. The number of hydrogen-bond acceptors (Lipinski definition) is 6. The Bertz CT molecular complexity index is 1230. The van der Waals surface area contributed by atoms with Crippen molar-refractivity contribution in [3.8, 4) is 22.6 Å². The molecule has 1 N–H and O–H groups in total. The highest BCUT2D eigenvalue weighted by molar-refractivity contribution is 7.57. The molecule has 35 heavy (non-hydrogen) atoms.